The molecule has 2 fully saturated rings. The Morgan fingerprint density at radius 1 is 1.10 bits per heavy atom. The summed E-state index contributed by atoms with van der Waals surface area (Å²) in [6.45, 7) is 11.6. The van der Waals surface area contributed by atoms with E-state index < -0.39 is 0 Å². The lowest BCUT2D eigenvalue weighted by atomic mass is 9.74. The number of benzene rings is 1. The van der Waals surface area contributed by atoms with Gasteiger partial charge in [-0.3, -0.25) is 9.89 Å². The van der Waals surface area contributed by atoms with Crippen LogP contribution in [0, 0.1) is 5.82 Å². The minimum Gasteiger partial charge on any atom is -0.381 e. The molecule has 1 aromatic rings. The van der Waals surface area contributed by atoms with Crippen molar-refractivity contribution in [2.24, 2.45) is 4.99 Å². The number of guanidine groups is 1. The molecule has 0 spiro atoms. The molecule has 3 rings (SSSR count). The Bertz CT molecular complexity index is 641. The number of nitrogens with one attached hydrogen (secondary N) is 2. The van der Waals surface area contributed by atoms with Crippen LogP contribution in [0.5, 0.6) is 0 Å². The van der Waals surface area contributed by atoms with Crippen molar-refractivity contribution >= 4 is 5.96 Å². The van der Waals surface area contributed by atoms with Crippen molar-refractivity contribution in [3.05, 3.63) is 35.6 Å². The molecule has 162 valence electrons. The van der Waals surface area contributed by atoms with Crippen LogP contribution in [0.4, 0.5) is 4.39 Å². The van der Waals surface area contributed by atoms with Gasteiger partial charge in [-0.2, -0.15) is 0 Å². The van der Waals surface area contributed by atoms with E-state index in [0.29, 0.717) is 25.8 Å². The monoisotopic (exact) mass is 406 g/mol. The Kier molecular flexibility index (Phi) is 8.27. The largest absolute Gasteiger partial charge is 0.381 e. The Morgan fingerprint density at radius 3 is 2.41 bits per heavy atom. The topological polar surface area (TPSA) is 58.1 Å². The maximum atomic E-state index is 13.4. The van der Waals surface area contributed by atoms with Crippen molar-refractivity contribution < 1.29 is 13.9 Å². The molecule has 2 N–H and O–H groups in total. The summed E-state index contributed by atoms with van der Waals surface area (Å²) in [6.07, 6.45) is 1.79. The van der Waals surface area contributed by atoms with Crippen LogP contribution in [0.15, 0.2) is 29.3 Å². The molecule has 7 heteroatoms. The molecule has 2 heterocycles. The zero-order valence-corrected chi connectivity index (χ0v) is 17.8. The Hall–Kier alpha value is -1.70. The molecule has 2 saturated heterocycles. The van der Waals surface area contributed by atoms with Crippen molar-refractivity contribution in [2.75, 3.05) is 59.2 Å². The molecule has 29 heavy (non-hydrogen) atoms. The Balaban J connectivity index is 1.66. The van der Waals surface area contributed by atoms with Gasteiger partial charge in [-0.1, -0.05) is 12.1 Å². The summed E-state index contributed by atoms with van der Waals surface area (Å²) in [5.74, 6) is 0.632. The van der Waals surface area contributed by atoms with Crippen LogP contribution in [0.1, 0.15) is 32.3 Å². The predicted octanol–water partition coefficient (Wildman–Crippen LogP) is 2.15. The first-order chi connectivity index (χ1) is 14.1. The first kappa shape index (κ1) is 22.0. The molecule has 0 amide bonds. The summed E-state index contributed by atoms with van der Waals surface area (Å²) in [5, 5.41) is 6.86. The standard InChI is InChI=1S/C22H35FN4O2/c1-3-24-21(25-16-18(2)27-10-14-29-15-11-27)26-17-22(8-12-28-13-9-22)19-4-6-20(23)7-5-19/h4-7,18H,3,8-17H2,1-2H3,(H2,24,25,26). The van der Waals surface area contributed by atoms with Crippen LogP contribution >= 0.6 is 0 Å². The number of morpholine rings is 1. The highest BCUT2D eigenvalue weighted by Crippen LogP contribution is 2.35. The third kappa shape index (κ3) is 6.14. The van der Waals surface area contributed by atoms with Crippen LogP contribution in [0.2, 0.25) is 0 Å². The van der Waals surface area contributed by atoms with Gasteiger partial charge < -0.3 is 20.1 Å². The average molecular weight is 407 g/mol. The predicted molar refractivity (Wildman–Crippen MR) is 114 cm³/mol. The van der Waals surface area contributed by atoms with E-state index in [-0.39, 0.29) is 11.2 Å². The van der Waals surface area contributed by atoms with Crippen LogP contribution in [0.25, 0.3) is 0 Å². The third-order valence-corrected chi connectivity index (χ3v) is 6.02. The van der Waals surface area contributed by atoms with E-state index in [1.54, 1.807) is 12.1 Å². The van der Waals surface area contributed by atoms with Crippen molar-refractivity contribution in [2.45, 2.75) is 38.1 Å². The van der Waals surface area contributed by atoms with Crippen molar-refractivity contribution in [3.63, 3.8) is 0 Å². The molecule has 0 aliphatic carbocycles. The molecule has 0 radical (unpaired) electrons. The van der Waals surface area contributed by atoms with Crippen molar-refractivity contribution in [1.29, 1.82) is 0 Å². The van der Waals surface area contributed by atoms with E-state index in [9.17, 15) is 4.39 Å². The highest BCUT2D eigenvalue weighted by molar-refractivity contribution is 5.79. The Morgan fingerprint density at radius 2 is 1.76 bits per heavy atom. The van der Waals surface area contributed by atoms with Crippen LogP contribution in [-0.4, -0.2) is 76.1 Å². The number of hydrogen-bond acceptors (Lipinski definition) is 4. The first-order valence-corrected chi connectivity index (χ1v) is 10.8. The number of rotatable bonds is 7. The first-order valence-electron chi connectivity index (χ1n) is 10.8. The van der Waals surface area contributed by atoms with Gasteiger partial charge in [-0.15, -0.1) is 0 Å². The van der Waals surface area contributed by atoms with E-state index in [1.807, 2.05) is 12.1 Å². The molecule has 0 bridgehead atoms. The average Bonchev–Trinajstić information content (AvgIpc) is 2.77. The fourth-order valence-corrected chi connectivity index (χ4v) is 4.07. The number of halogens is 1. The Labute approximate surface area is 173 Å². The molecular formula is C22H35FN4O2. The molecule has 6 nitrogen and oxygen atoms in total. The summed E-state index contributed by atoms with van der Waals surface area (Å²) < 4.78 is 24.5. The zero-order valence-electron chi connectivity index (χ0n) is 17.8. The van der Waals surface area contributed by atoms with Gasteiger partial charge in [0.2, 0.25) is 0 Å². The van der Waals surface area contributed by atoms with E-state index in [2.05, 4.69) is 29.4 Å². The van der Waals surface area contributed by atoms with Crippen LogP contribution in [0.3, 0.4) is 0 Å². The van der Waals surface area contributed by atoms with Gasteiger partial charge in [0.1, 0.15) is 5.82 Å². The van der Waals surface area contributed by atoms with Crippen molar-refractivity contribution in [3.8, 4) is 0 Å². The molecule has 0 aromatic heterocycles. The van der Waals surface area contributed by atoms with Gasteiger partial charge in [0.05, 0.1) is 19.8 Å². The second-order valence-electron chi connectivity index (χ2n) is 7.97. The summed E-state index contributed by atoms with van der Waals surface area (Å²) in [7, 11) is 0. The summed E-state index contributed by atoms with van der Waals surface area (Å²) in [6, 6.07) is 7.30. The van der Waals surface area contributed by atoms with Gasteiger partial charge in [0.15, 0.2) is 5.96 Å². The lowest BCUT2D eigenvalue weighted by Gasteiger charge is -2.37. The second kappa shape index (κ2) is 10.9. The highest BCUT2D eigenvalue weighted by Gasteiger charge is 2.34. The number of aliphatic imine (C=N–C) groups is 1. The highest BCUT2D eigenvalue weighted by atomic mass is 19.1. The number of nitrogens with zero attached hydrogens (tertiary/aromatic N) is 2. The molecule has 1 unspecified atom stereocenters. The maximum absolute atomic E-state index is 13.4. The van der Waals surface area contributed by atoms with Gasteiger partial charge >= 0.3 is 0 Å². The molecular weight excluding hydrogens is 371 g/mol. The second-order valence-corrected chi connectivity index (χ2v) is 7.97. The van der Waals surface area contributed by atoms with Gasteiger partial charge in [0.25, 0.3) is 0 Å². The third-order valence-electron chi connectivity index (χ3n) is 6.02. The molecule has 2 aliphatic heterocycles. The van der Waals surface area contributed by atoms with Crippen LogP contribution in [-0.2, 0) is 14.9 Å². The van der Waals surface area contributed by atoms with Gasteiger partial charge in [0, 0.05) is 50.8 Å². The van der Waals surface area contributed by atoms with Crippen molar-refractivity contribution in [1.82, 2.24) is 15.5 Å². The number of ether oxygens (including phenoxy) is 2. The molecule has 1 aromatic carbocycles. The van der Waals surface area contributed by atoms with Crippen LogP contribution < -0.4 is 10.6 Å². The van der Waals surface area contributed by atoms with Gasteiger partial charge in [-0.05, 0) is 44.4 Å². The summed E-state index contributed by atoms with van der Waals surface area (Å²) in [5.41, 5.74) is 1.04. The normalized spacial score (nSPS) is 21.6. The summed E-state index contributed by atoms with van der Waals surface area (Å²) in [4.78, 5) is 7.37. The van der Waals surface area contributed by atoms with Gasteiger partial charge in [-0.25, -0.2) is 4.39 Å². The minimum absolute atomic E-state index is 0.107. The maximum Gasteiger partial charge on any atom is 0.191 e. The smallest absolute Gasteiger partial charge is 0.191 e. The van der Waals surface area contributed by atoms with E-state index in [1.165, 1.54) is 0 Å². The fourth-order valence-electron chi connectivity index (χ4n) is 4.07. The molecule has 1 atom stereocenters. The van der Waals surface area contributed by atoms with E-state index in [4.69, 9.17) is 14.5 Å². The summed E-state index contributed by atoms with van der Waals surface area (Å²) >= 11 is 0. The van der Waals surface area contributed by atoms with E-state index >= 15 is 0 Å². The molecule has 2 aliphatic rings. The fraction of sp³-hybridized carbons (Fsp3) is 0.682. The lowest BCUT2D eigenvalue weighted by molar-refractivity contribution is 0.0211. The molecule has 0 saturated carbocycles. The number of hydrogen-bond donors (Lipinski definition) is 2. The zero-order chi connectivity index (χ0) is 20.5. The SMILES string of the molecule is CCNC(=NCC1(c2ccc(F)cc2)CCOCC1)NCC(C)N1CCOCC1. The lowest BCUT2D eigenvalue weighted by Crippen LogP contribution is -2.49. The minimum atomic E-state index is -0.202. The van der Waals surface area contributed by atoms with E-state index in [0.717, 1.165) is 63.8 Å². The quantitative estimate of drug-likeness (QED) is 0.537.